The van der Waals surface area contributed by atoms with Crippen LogP contribution in [0.1, 0.15) is 40.9 Å². The van der Waals surface area contributed by atoms with Crippen LogP contribution in [0.2, 0.25) is 10.0 Å². The molecule has 6 heteroatoms. The molecule has 4 nitrogen and oxygen atoms in total. The molecule has 1 saturated heterocycles. The van der Waals surface area contributed by atoms with Crippen LogP contribution in [0.3, 0.4) is 0 Å². The summed E-state index contributed by atoms with van der Waals surface area (Å²) in [4.78, 5) is 12.2. The van der Waals surface area contributed by atoms with E-state index in [0.29, 0.717) is 10.0 Å². The monoisotopic (exact) mass is 462 g/mol. The molecule has 162 valence electrons. The molecular weight excluding hydrogens is 439 g/mol. The number of hydrogen-bond donors (Lipinski definition) is 0. The quantitative estimate of drug-likeness (QED) is 0.446. The maximum absolute atomic E-state index is 9.48. The van der Waals surface area contributed by atoms with Crippen molar-refractivity contribution in [1.29, 1.82) is 5.26 Å². The third-order valence-corrected chi connectivity index (χ3v) is 7.88. The molecule has 2 aliphatic rings. The molecule has 3 aromatic rings. The Labute approximate surface area is 198 Å². The van der Waals surface area contributed by atoms with E-state index < -0.39 is 0 Å². The maximum atomic E-state index is 9.48. The molecule has 5 rings (SSSR count). The van der Waals surface area contributed by atoms with Crippen LogP contribution in [-0.4, -0.2) is 23.1 Å². The van der Waals surface area contributed by atoms with Crippen LogP contribution in [0.15, 0.2) is 36.4 Å². The minimum atomic E-state index is 0.260. The first-order chi connectivity index (χ1) is 15.4. The van der Waals surface area contributed by atoms with Crippen molar-refractivity contribution in [2.75, 3.05) is 18.0 Å². The number of hydrogen-bond acceptors (Lipinski definition) is 4. The minimum absolute atomic E-state index is 0.260. The predicted molar refractivity (Wildman–Crippen MR) is 129 cm³/mol. The summed E-state index contributed by atoms with van der Waals surface area (Å²) >= 11 is 12.7. The van der Waals surface area contributed by atoms with Crippen molar-refractivity contribution in [1.82, 2.24) is 9.97 Å². The molecule has 32 heavy (non-hydrogen) atoms. The van der Waals surface area contributed by atoms with Crippen LogP contribution in [0.5, 0.6) is 0 Å². The number of piperidine rings is 1. The number of fused-ring (bicyclic) bond motifs is 1. The van der Waals surface area contributed by atoms with Gasteiger partial charge in [0, 0.05) is 18.7 Å². The first-order valence-electron chi connectivity index (χ1n) is 11.0. The van der Waals surface area contributed by atoms with Crippen molar-refractivity contribution in [3.05, 3.63) is 74.5 Å². The Morgan fingerprint density at radius 1 is 0.969 bits per heavy atom. The van der Waals surface area contributed by atoms with Crippen molar-refractivity contribution in [2.45, 2.75) is 39.5 Å². The van der Waals surface area contributed by atoms with Crippen molar-refractivity contribution < 1.29 is 0 Å². The van der Waals surface area contributed by atoms with Gasteiger partial charge in [-0.25, -0.2) is 9.97 Å². The molecule has 0 unspecified atom stereocenters. The molecular formula is C26H24Cl2N4. The van der Waals surface area contributed by atoms with Gasteiger partial charge in [0.05, 0.1) is 38.8 Å². The third kappa shape index (κ3) is 3.54. The lowest BCUT2D eigenvalue weighted by Gasteiger charge is -2.40. The number of anilines is 1. The highest BCUT2D eigenvalue weighted by atomic mass is 35.5. The lowest BCUT2D eigenvalue weighted by Crippen LogP contribution is -2.41. The summed E-state index contributed by atoms with van der Waals surface area (Å²) in [5, 5.41) is 10.5. The highest BCUT2D eigenvalue weighted by Crippen LogP contribution is 2.46. The Morgan fingerprint density at radius 2 is 1.72 bits per heavy atom. The summed E-state index contributed by atoms with van der Waals surface area (Å²) in [6, 6.07) is 14.1. The van der Waals surface area contributed by atoms with Gasteiger partial charge in [0.2, 0.25) is 0 Å². The van der Waals surface area contributed by atoms with Gasteiger partial charge in [0.1, 0.15) is 5.82 Å². The van der Waals surface area contributed by atoms with E-state index in [1.54, 1.807) is 6.07 Å². The number of halogens is 2. The second-order valence-corrected chi connectivity index (χ2v) is 9.85. The van der Waals surface area contributed by atoms with Gasteiger partial charge in [0.25, 0.3) is 0 Å². The summed E-state index contributed by atoms with van der Waals surface area (Å²) in [7, 11) is 0. The average molecular weight is 463 g/mol. The van der Waals surface area contributed by atoms with Crippen molar-refractivity contribution in [3.63, 3.8) is 0 Å². The fourth-order valence-corrected chi connectivity index (χ4v) is 5.72. The first kappa shape index (κ1) is 21.2. The van der Waals surface area contributed by atoms with Crippen LogP contribution in [0.4, 0.5) is 5.82 Å². The lowest BCUT2D eigenvalue weighted by atomic mass is 9.76. The smallest absolute Gasteiger partial charge is 0.150 e. The number of aryl methyl sites for hydroxylation is 2. The van der Waals surface area contributed by atoms with Gasteiger partial charge in [-0.1, -0.05) is 47.5 Å². The highest BCUT2D eigenvalue weighted by Gasteiger charge is 2.41. The van der Waals surface area contributed by atoms with Crippen LogP contribution in [0.25, 0.3) is 11.3 Å². The Kier molecular flexibility index (Phi) is 5.35. The van der Waals surface area contributed by atoms with E-state index in [0.717, 1.165) is 72.8 Å². The standard InChI is InChI=1S/C26H24Cl2N4/c1-16-24(20-7-4-8-22(27)23(20)28)30-17(2)25(31-16)32-11-9-26(10-12-32)13-18-5-3-6-19(15-29)21(18)14-26/h3-8H,9-14H2,1-2H3. The van der Waals surface area contributed by atoms with Gasteiger partial charge in [0.15, 0.2) is 0 Å². The van der Waals surface area contributed by atoms with Crippen molar-refractivity contribution >= 4 is 29.0 Å². The molecule has 0 atom stereocenters. The fourth-order valence-electron chi connectivity index (χ4n) is 5.33. The summed E-state index contributed by atoms with van der Waals surface area (Å²) in [5.74, 6) is 0.951. The van der Waals surface area contributed by atoms with E-state index in [4.69, 9.17) is 33.2 Å². The van der Waals surface area contributed by atoms with Gasteiger partial charge in [-0.3, -0.25) is 0 Å². The SMILES string of the molecule is Cc1nc(N2CCC3(CC2)Cc2cccc(C#N)c2C3)c(C)nc1-c1cccc(Cl)c1Cl. The predicted octanol–water partition coefficient (Wildman–Crippen LogP) is 6.32. The summed E-state index contributed by atoms with van der Waals surface area (Å²) < 4.78 is 0. The van der Waals surface area contributed by atoms with E-state index in [2.05, 4.69) is 17.0 Å². The van der Waals surface area contributed by atoms with Gasteiger partial charge >= 0.3 is 0 Å². The van der Waals surface area contributed by atoms with E-state index >= 15 is 0 Å². The Bertz CT molecular complexity index is 1250. The number of nitrogens with zero attached hydrogens (tertiary/aromatic N) is 4. The molecule has 2 aromatic carbocycles. The molecule has 1 aliphatic carbocycles. The molecule has 0 bridgehead atoms. The van der Waals surface area contributed by atoms with E-state index in [1.165, 1.54) is 11.1 Å². The number of aromatic nitrogens is 2. The van der Waals surface area contributed by atoms with Gasteiger partial charge in [-0.2, -0.15) is 5.26 Å². The molecule has 1 fully saturated rings. The van der Waals surface area contributed by atoms with Crippen LogP contribution >= 0.6 is 23.2 Å². The molecule has 0 amide bonds. The van der Waals surface area contributed by atoms with Gasteiger partial charge in [-0.15, -0.1) is 0 Å². The first-order valence-corrected chi connectivity index (χ1v) is 11.7. The molecule has 1 aliphatic heterocycles. The summed E-state index contributed by atoms with van der Waals surface area (Å²) in [5.41, 5.74) is 7.06. The van der Waals surface area contributed by atoms with E-state index in [9.17, 15) is 5.26 Å². The number of rotatable bonds is 2. The normalized spacial score (nSPS) is 16.8. The van der Waals surface area contributed by atoms with Crippen LogP contribution < -0.4 is 4.90 Å². The zero-order valence-corrected chi connectivity index (χ0v) is 19.8. The lowest BCUT2D eigenvalue weighted by molar-refractivity contribution is 0.232. The molecule has 0 saturated carbocycles. The maximum Gasteiger partial charge on any atom is 0.150 e. The largest absolute Gasteiger partial charge is 0.355 e. The van der Waals surface area contributed by atoms with Gasteiger partial charge < -0.3 is 4.90 Å². The van der Waals surface area contributed by atoms with Crippen LogP contribution in [0, 0.1) is 30.6 Å². The molecule has 1 spiro atoms. The fraction of sp³-hybridized carbons (Fsp3) is 0.346. The second kappa shape index (κ2) is 8.06. The van der Waals surface area contributed by atoms with Gasteiger partial charge in [-0.05, 0) is 68.2 Å². The Balaban J connectivity index is 1.37. The van der Waals surface area contributed by atoms with Crippen molar-refractivity contribution in [3.8, 4) is 17.3 Å². The molecule has 1 aromatic heterocycles. The molecule has 2 heterocycles. The number of benzene rings is 2. The van der Waals surface area contributed by atoms with E-state index in [-0.39, 0.29) is 5.41 Å². The summed E-state index contributed by atoms with van der Waals surface area (Å²) in [6.45, 7) is 5.88. The minimum Gasteiger partial charge on any atom is -0.355 e. The highest BCUT2D eigenvalue weighted by molar-refractivity contribution is 6.43. The Hall–Kier alpha value is -2.61. The number of nitriles is 1. The zero-order valence-electron chi connectivity index (χ0n) is 18.3. The zero-order chi connectivity index (χ0) is 22.5. The topological polar surface area (TPSA) is 52.8 Å². The molecule has 0 radical (unpaired) electrons. The van der Waals surface area contributed by atoms with E-state index in [1.807, 2.05) is 38.1 Å². The Morgan fingerprint density at radius 3 is 2.47 bits per heavy atom. The summed E-state index contributed by atoms with van der Waals surface area (Å²) in [6.07, 6.45) is 4.26. The average Bonchev–Trinajstić information content (AvgIpc) is 3.15. The third-order valence-electron chi connectivity index (χ3n) is 7.06. The molecule has 0 N–H and O–H groups in total. The van der Waals surface area contributed by atoms with Crippen LogP contribution in [-0.2, 0) is 12.8 Å². The second-order valence-electron chi connectivity index (χ2n) is 9.06. The van der Waals surface area contributed by atoms with Crippen molar-refractivity contribution in [2.24, 2.45) is 5.41 Å².